The van der Waals surface area contributed by atoms with Gasteiger partial charge in [-0.15, -0.1) is 0 Å². The summed E-state index contributed by atoms with van der Waals surface area (Å²) in [6.45, 7) is 4.17. The summed E-state index contributed by atoms with van der Waals surface area (Å²) in [6, 6.07) is 5.75. The molecule has 1 aromatic carbocycles. The third-order valence-corrected chi connectivity index (χ3v) is 2.83. The molecule has 0 heterocycles. The zero-order valence-corrected chi connectivity index (χ0v) is 9.51. The predicted molar refractivity (Wildman–Crippen MR) is 60.3 cm³/mol. The van der Waals surface area contributed by atoms with E-state index in [1.807, 2.05) is 18.2 Å². The monoisotopic (exact) mass is 242 g/mol. The lowest BCUT2D eigenvalue weighted by Crippen LogP contribution is -2.18. The lowest BCUT2D eigenvalue weighted by molar-refractivity contribution is 0.514. The van der Waals surface area contributed by atoms with E-state index in [1.54, 1.807) is 0 Å². The zero-order chi connectivity index (χ0) is 10.0. The zero-order valence-electron chi connectivity index (χ0n) is 7.92. The number of hydrogen-bond donors (Lipinski definition) is 2. The predicted octanol–water partition coefficient (Wildman–Crippen LogP) is 2.69. The van der Waals surface area contributed by atoms with Gasteiger partial charge in [0, 0.05) is 21.8 Å². The van der Waals surface area contributed by atoms with Gasteiger partial charge in [-0.25, -0.2) is 0 Å². The van der Waals surface area contributed by atoms with Crippen molar-refractivity contribution in [1.82, 2.24) is 0 Å². The molecule has 0 aromatic heterocycles. The van der Waals surface area contributed by atoms with Crippen molar-refractivity contribution in [3.63, 3.8) is 0 Å². The van der Waals surface area contributed by atoms with Crippen LogP contribution in [0.25, 0.3) is 0 Å². The van der Waals surface area contributed by atoms with Crippen LogP contribution in [-0.2, 0) is 0 Å². The van der Waals surface area contributed by atoms with Crippen LogP contribution in [0.2, 0.25) is 0 Å². The molecule has 0 spiro atoms. The molecule has 0 bridgehead atoms. The Morgan fingerprint density at radius 2 is 1.92 bits per heavy atom. The van der Waals surface area contributed by atoms with Crippen LogP contribution in [0, 0.1) is 5.92 Å². The molecule has 1 atom stereocenters. The highest BCUT2D eigenvalue weighted by atomic mass is 79.9. The number of anilines is 1. The molecular weight excluding hydrogens is 228 g/mol. The van der Waals surface area contributed by atoms with Gasteiger partial charge in [0.15, 0.2) is 0 Å². The van der Waals surface area contributed by atoms with Gasteiger partial charge in [0.1, 0.15) is 0 Å². The second-order valence-electron chi connectivity index (χ2n) is 3.51. The number of halogens is 1. The lowest BCUT2D eigenvalue weighted by Gasteiger charge is -2.19. The van der Waals surface area contributed by atoms with Gasteiger partial charge in [-0.05, 0) is 18.1 Å². The van der Waals surface area contributed by atoms with Gasteiger partial charge in [0.05, 0.1) is 0 Å². The molecule has 0 fully saturated rings. The standard InChI is InChI=1S/C10H15BrN2/c1-6(2)10(13)9-7(11)4-3-5-8(9)12/h3-6,10H,12-13H2,1-2H3/t10-/m1/s1. The van der Waals surface area contributed by atoms with E-state index >= 15 is 0 Å². The van der Waals surface area contributed by atoms with Crippen LogP contribution in [-0.4, -0.2) is 0 Å². The van der Waals surface area contributed by atoms with Gasteiger partial charge < -0.3 is 11.5 Å². The highest BCUT2D eigenvalue weighted by Crippen LogP contribution is 2.31. The molecular formula is C10H15BrN2. The Morgan fingerprint density at radius 3 is 2.38 bits per heavy atom. The molecule has 72 valence electrons. The van der Waals surface area contributed by atoms with E-state index in [4.69, 9.17) is 11.5 Å². The molecule has 4 N–H and O–H groups in total. The van der Waals surface area contributed by atoms with Crippen molar-refractivity contribution in [2.75, 3.05) is 5.73 Å². The lowest BCUT2D eigenvalue weighted by atomic mass is 9.96. The Balaban J connectivity index is 3.12. The fourth-order valence-corrected chi connectivity index (χ4v) is 1.88. The van der Waals surface area contributed by atoms with Crippen molar-refractivity contribution >= 4 is 21.6 Å². The molecule has 0 unspecified atom stereocenters. The fraction of sp³-hybridized carbons (Fsp3) is 0.400. The van der Waals surface area contributed by atoms with Crippen LogP contribution in [0.3, 0.4) is 0 Å². The number of rotatable bonds is 2. The molecule has 1 aromatic rings. The third kappa shape index (κ3) is 2.23. The summed E-state index contributed by atoms with van der Waals surface area (Å²) in [4.78, 5) is 0. The van der Waals surface area contributed by atoms with Crippen molar-refractivity contribution in [1.29, 1.82) is 0 Å². The van der Waals surface area contributed by atoms with Crippen LogP contribution >= 0.6 is 15.9 Å². The normalized spacial score (nSPS) is 13.3. The number of nitrogen functional groups attached to an aromatic ring is 1. The van der Waals surface area contributed by atoms with E-state index in [9.17, 15) is 0 Å². The molecule has 0 saturated carbocycles. The minimum absolute atomic E-state index is 0.00410. The minimum Gasteiger partial charge on any atom is -0.398 e. The smallest absolute Gasteiger partial charge is 0.0373 e. The maximum Gasteiger partial charge on any atom is 0.0373 e. The van der Waals surface area contributed by atoms with Crippen molar-refractivity contribution in [2.45, 2.75) is 19.9 Å². The number of nitrogens with two attached hydrogens (primary N) is 2. The molecule has 0 aliphatic rings. The Bertz CT molecular complexity index is 277. The average Bonchev–Trinajstić information content (AvgIpc) is 2.03. The Kier molecular flexibility index (Phi) is 3.33. The molecule has 0 aliphatic heterocycles. The van der Waals surface area contributed by atoms with E-state index < -0.39 is 0 Å². The molecule has 0 aliphatic carbocycles. The first kappa shape index (κ1) is 10.5. The summed E-state index contributed by atoms with van der Waals surface area (Å²) >= 11 is 3.46. The first-order valence-electron chi connectivity index (χ1n) is 4.33. The minimum atomic E-state index is -0.00410. The van der Waals surface area contributed by atoms with Crippen LogP contribution < -0.4 is 11.5 Å². The fourth-order valence-electron chi connectivity index (χ4n) is 1.24. The SMILES string of the molecule is CC(C)[C@@H](N)c1c(N)cccc1Br. The van der Waals surface area contributed by atoms with E-state index in [-0.39, 0.29) is 6.04 Å². The van der Waals surface area contributed by atoms with Gasteiger partial charge >= 0.3 is 0 Å². The summed E-state index contributed by atoms with van der Waals surface area (Å²) in [5.74, 6) is 0.390. The van der Waals surface area contributed by atoms with Gasteiger partial charge in [-0.2, -0.15) is 0 Å². The Labute approximate surface area is 87.4 Å². The number of hydrogen-bond acceptors (Lipinski definition) is 2. The van der Waals surface area contributed by atoms with Gasteiger partial charge in [-0.3, -0.25) is 0 Å². The topological polar surface area (TPSA) is 52.0 Å². The van der Waals surface area contributed by atoms with Crippen LogP contribution in [0.4, 0.5) is 5.69 Å². The van der Waals surface area contributed by atoms with Gasteiger partial charge in [0.25, 0.3) is 0 Å². The maximum absolute atomic E-state index is 6.03. The summed E-state index contributed by atoms with van der Waals surface area (Å²) in [6.07, 6.45) is 0. The maximum atomic E-state index is 6.03. The van der Waals surface area contributed by atoms with Crippen molar-refractivity contribution in [3.05, 3.63) is 28.2 Å². The first-order valence-corrected chi connectivity index (χ1v) is 5.12. The average molecular weight is 243 g/mol. The van der Waals surface area contributed by atoms with E-state index in [2.05, 4.69) is 29.8 Å². The van der Waals surface area contributed by atoms with Gasteiger partial charge in [-0.1, -0.05) is 35.8 Å². The Morgan fingerprint density at radius 1 is 1.31 bits per heavy atom. The van der Waals surface area contributed by atoms with Gasteiger partial charge in [0.2, 0.25) is 0 Å². The van der Waals surface area contributed by atoms with Crippen molar-refractivity contribution < 1.29 is 0 Å². The van der Waals surface area contributed by atoms with Crippen LogP contribution in [0.15, 0.2) is 22.7 Å². The Hall–Kier alpha value is -0.540. The molecule has 1 rings (SSSR count). The molecule has 0 saturated heterocycles. The summed E-state index contributed by atoms with van der Waals surface area (Å²) < 4.78 is 0.994. The second kappa shape index (κ2) is 4.11. The summed E-state index contributed by atoms with van der Waals surface area (Å²) in [5.41, 5.74) is 13.7. The summed E-state index contributed by atoms with van der Waals surface area (Å²) in [7, 11) is 0. The van der Waals surface area contributed by atoms with Crippen LogP contribution in [0.5, 0.6) is 0 Å². The molecule has 0 amide bonds. The quantitative estimate of drug-likeness (QED) is 0.784. The first-order chi connectivity index (χ1) is 6.04. The highest BCUT2D eigenvalue weighted by molar-refractivity contribution is 9.10. The largest absolute Gasteiger partial charge is 0.398 e. The third-order valence-electron chi connectivity index (χ3n) is 2.14. The highest BCUT2D eigenvalue weighted by Gasteiger charge is 2.15. The molecule has 13 heavy (non-hydrogen) atoms. The molecule has 2 nitrogen and oxygen atoms in total. The van der Waals surface area contributed by atoms with E-state index in [0.29, 0.717) is 5.92 Å². The molecule has 3 heteroatoms. The van der Waals surface area contributed by atoms with E-state index in [0.717, 1.165) is 15.7 Å². The second-order valence-corrected chi connectivity index (χ2v) is 4.37. The van der Waals surface area contributed by atoms with Crippen molar-refractivity contribution in [3.8, 4) is 0 Å². The summed E-state index contributed by atoms with van der Waals surface area (Å²) in [5, 5.41) is 0. The van der Waals surface area contributed by atoms with Crippen molar-refractivity contribution in [2.24, 2.45) is 11.7 Å². The van der Waals surface area contributed by atoms with Crippen LogP contribution in [0.1, 0.15) is 25.5 Å². The number of benzene rings is 1. The van der Waals surface area contributed by atoms with E-state index in [1.165, 1.54) is 0 Å². The molecule has 0 radical (unpaired) electrons.